The first-order valence-electron chi connectivity index (χ1n) is 7.55. The maximum atomic E-state index is 11.2. The van der Waals surface area contributed by atoms with Crippen molar-refractivity contribution in [1.82, 2.24) is 9.97 Å². The van der Waals surface area contributed by atoms with Crippen LogP contribution in [0.4, 0.5) is 5.82 Å². The second-order valence-electron chi connectivity index (χ2n) is 5.16. The van der Waals surface area contributed by atoms with Crippen LogP contribution in [0.25, 0.3) is 0 Å². The molecule has 0 aliphatic carbocycles. The van der Waals surface area contributed by atoms with Gasteiger partial charge in [0.2, 0.25) is 5.91 Å². The van der Waals surface area contributed by atoms with Gasteiger partial charge in [-0.2, -0.15) is 4.98 Å². The summed E-state index contributed by atoms with van der Waals surface area (Å²) in [5, 5.41) is 37.5. The summed E-state index contributed by atoms with van der Waals surface area (Å²) in [5.41, 5.74) is -0.460. The van der Waals surface area contributed by atoms with Crippen LogP contribution < -0.4 is 11.0 Å². The van der Waals surface area contributed by atoms with Crippen molar-refractivity contribution in [3.63, 3.8) is 0 Å². The lowest BCUT2D eigenvalue weighted by molar-refractivity contribution is -0.132. The number of anilines is 1. The molecule has 1 aromatic rings. The standard InChI is InChI=1S/C9H13N3O2.C5H10O5/c1-2-3-4-8(13)11-7-5-6-10-9(14)12-7;6-1-2-3(7)4(8)5(9)10-2/h5-6H,2-4H2,1H3,(H2,10,11,12,13,14);2-9H,1H2/t;2-,3-,4+,5?/m.1/s1. The van der Waals surface area contributed by atoms with E-state index in [4.69, 9.17) is 20.4 Å². The number of ether oxygens (including phenoxy) is 1. The number of H-pyrrole nitrogens is 1. The van der Waals surface area contributed by atoms with Crippen LogP contribution in [0.5, 0.6) is 0 Å². The van der Waals surface area contributed by atoms with Crippen LogP contribution in [0.3, 0.4) is 0 Å². The second kappa shape index (κ2) is 10.1. The quantitative estimate of drug-likeness (QED) is 0.368. The van der Waals surface area contributed by atoms with E-state index in [1.54, 1.807) is 6.07 Å². The van der Waals surface area contributed by atoms with Crippen molar-refractivity contribution < 1.29 is 30.0 Å². The number of nitrogens with zero attached hydrogens (tertiary/aromatic N) is 1. The Balaban J connectivity index is 0.000000254. The van der Waals surface area contributed by atoms with Crippen LogP contribution in [-0.4, -0.2) is 67.5 Å². The molecule has 136 valence electrons. The first-order valence-corrected chi connectivity index (χ1v) is 7.55. The van der Waals surface area contributed by atoms with Gasteiger partial charge >= 0.3 is 5.69 Å². The Morgan fingerprint density at radius 3 is 2.54 bits per heavy atom. The Labute approximate surface area is 138 Å². The maximum Gasteiger partial charge on any atom is 0.346 e. The third-order valence-corrected chi connectivity index (χ3v) is 3.21. The van der Waals surface area contributed by atoms with Gasteiger partial charge in [-0.25, -0.2) is 4.79 Å². The molecule has 4 atom stereocenters. The van der Waals surface area contributed by atoms with Crippen molar-refractivity contribution in [3.8, 4) is 0 Å². The van der Waals surface area contributed by atoms with Crippen LogP contribution in [0.15, 0.2) is 17.1 Å². The van der Waals surface area contributed by atoms with Gasteiger partial charge in [-0.15, -0.1) is 0 Å². The van der Waals surface area contributed by atoms with Crippen molar-refractivity contribution in [2.45, 2.75) is 50.8 Å². The molecule has 10 heteroatoms. The molecule has 0 radical (unpaired) electrons. The van der Waals surface area contributed by atoms with Crippen molar-refractivity contribution in [3.05, 3.63) is 22.7 Å². The number of carbonyl (C=O) groups is 1. The average Bonchev–Trinajstić information content (AvgIpc) is 2.80. The van der Waals surface area contributed by atoms with Gasteiger partial charge in [0.15, 0.2) is 6.29 Å². The molecule has 6 N–H and O–H groups in total. The second-order valence-corrected chi connectivity index (χ2v) is 5.16. The number of nitrogens with one attached hydrogen (secondary N) is 2. The van der Waals surface area contributed by atoms with Crippen molar-refractivity contribution >= 4 is 11.7 Å². The fraction of sp³-hybridized carbons (Fsp3) is 0.643. The zero-order valence-electron chi connectivity index (χ0n) is 13.3. The third kappa shape index (κ3) is 6.34. The predicted molar refractivity (Wildman–Crippen MR) is 83.0 cm³/mol. The molecule has 1 fully saturated rings. The van der Waals surface area contributed by atoms with E-state index >= 15 is 0 Å². The normalized spacial score (nSPS) is 25.7. The lowest BCUT2D eigenvalue weighted by Crippen LogP contribution is -2.33. The number of aromatic amines is 1. The topological polar surface area (TPSA) is 165 Å². The number of aromatic nitrogens is 2. The lowest BCUT2D eigenvalue weighted by Gasteiger charge is -2.09. The summed E-state index contributed by atoms with van der Waals surface area (Å²) < 4.78 is 4.54. The molecule has 10 nitrogen and oxygen atoms in total. The Bertz CT molecular complexity index is 565. The molecule has 0 spiro atoms. The summed E-state index contributed by atoms with van der Waals surface area (Å²) in [7, 11) is 0. The number of amides is 1. The van der Waals surface area contributed by atoms with E-state index < -0.39 is 36.9 Å². The molecule has 1 amide bonds. The highest BCUT2D eigenvalue weighted by Crippen LogP contribution is 2.18. The summed E-state index contributed by atoms with van der Waals surface area (Å²) in [5.74, 6) is 0.194. The van der Waals surface area contributed by atoms with Crippen LogP contribution in [-0.2, 0) is 9.53 Å². The maximum absolute atomic E-state index is 11.2. The molecule has 1 unspecified atom stereocenters. The highest BCUT2D eigenvalue weighted by Gasteiger charge is 2.41. The summed E-state index contributed by atoms with van der Waals surface area (Å²) >= 11 is 0. The molecule has 1 aliphatic rings. The summed E-state index contributed by atoms with van der Waals surface area (Å²) in [6.45, 7) is 1.61. The van der Waals surface area contributed by atoms with E-state index in [0.717, 1.165) is 12.8 Å². The van der Waals surface area contributed by atoms with Crippen LogP contribution >= 0.6 is 0 Å². The highest BCUT2D eigenvalue weighted by atomic mass is 16.6. The number of hydrogen-bond donors (Lipinski definition) is 6. The average molecular weight is 345 g/mol. The molecular weight excluding hydrogens is 322 g/mol. The van der Waals surface area contributed by atoms with Gasteiger partial charge in [-0.05, 0) is 12.5 Å². The fourth-order valence-electron chi connectivity index (χ4n) is 1.86. The van der Waals surface area contributed by atoms with Crippen LogP contribution in [0.2, 0.25) is 0 Å². The van der Waals surface area contributed by atoms with E-state index in [2.05, 4.69) is 20.0 Å². The lowest BCUT2D eigenvalue weighted by atomic mass is 10.1. The van der Waals surface area contributed by atoms with Gasteiger partial charge in [0.25, 0.3) is 0 Å². The molecule has 0 bridgehead atoms. The molecule has 24 heavy (non-hydrogen) atoms. The highest BCUT2D eigenvalue weighted by molar-refractivity contribution is 5.89. The third-order valence-electron chi connectivity index (χ3n) is 3.21. The van der Waals surface area contributed by atoms with Crippen molar-refractivity contribution in [2.75, 3.05) is 11.9 Å². The molecule has 1 aromatic heterocycles. The SMILES string of the molecule is CCCCC(=O)Nc1cc[nH]c(=O)n1.OC[C@H]1OC(O)[C@@H](O)[C@@H]1O. The number of rotatable bonds is 5. The first-order chi connectivity index (χ1) is 11.4. The minimum absolute atomic E-state index is 0.107. The zero-order valence-corrected chi connectivity index (χ0v) is 13.3. The Morgan fingerprint density at radius 2 is 2.08 bits per heavy atom. The Hall–Kier alpha value is -1.85. The molecule has 0 aromatic carbocycles. The van der Waals surface area contributed by atoms with Crippen LogP contribution in [0.1, 0.15) is 26.2 Å². The number of aliphatic hydroxyl groups excluding tert-OH is 4. The van der Waals surface area contributed by atoms with E-state index in [9.17, 15) is 9.59 Å². The molecule has 2 rings (SSSR count). The van der Waals surface area contributed by atoms with E-state index in [1.165, 1.54) is 6.20 Å². The summed E-state index contributed by atoms with van der Waals surface area (Å²) in [6.07, 6.45) is -1.03. The molecule has 1 aliphatic heterocycles. The van der Waals surface area contributed by atoms with E-state index in [0.29, 0.717) is 12.2 Å². The number of aliphatic hydroxyl groups is 4. The summed E-state index contributed by atoms with van der Waals surface area (Å²) in [6, 6.07) is 1.55. The van der Waals surface area contributed by atoms with Gasteiger partial charge in [-0.1, -0.05) is 13.3 Å². The number of carbonyl (C=O) groups excluding carboxylic acids is 1. The smallest absolute Gasteiger partial charge is 0.346 e. The summed E-state index contributed by atoms with van der Waals surface area (Å²) in [4.78, 5) is 27.9. The van der Waals surface area contributed by atoms with Gasteiger partial charge in [0, 0.05) is 12.6 Å². The largest absolute Gasteiger partial charge is 0.394 e. The van der Waals surface area contributed by atoms with Crippen molar-refractivity contribution in [1.29, 1.82) is 0 Å². The van der Waals surface area contributed by atoms with Gasteiger partial charge in [-0.3, -0.25) is 4.79 Å². The molecular formula is C14H23N3O7. The zero-order chi connectivity index (χ0) is 18.1. The Morgan fingerprint density at radius 1 is 1.38 bits per heavy atom. The fourth-order valence-corrected chi connectivity index (χ4v) is 1.86. The minimum atomic E-state index is -1.38. The predicted octanol–water partition coefficient (Wildman–Crippen LogP) is -1.68. The van der Waals surface area contributed by atoms with E-state index in [-0.39, 0.29) is 5.91 Å². The number of unbranched alkanes of at least 4 members (excludes halogenated alkanes) is 1. The molecule has 2 heterocycles. The molecule has 1 saturated heterocycles. The van der Waals surface area contributed by atoms with Crippen molar-refractivity contribution in [2.24, 2.45) is 0 Å². The minimum Gasteiger partial charge on any atom is -0.394 e. The molecule has 0 saturated carbocycles. The van der Waals surface area contributed by atoms with Gasteiger partial charge in [0.05, 0.1) is 6.61 Å². The monoisotopic (exact) mass is 345 g/mol. The van der Waals surface area contributed by atoms with Crippen LogP contribution in [0, 0.1) is 0 Å². The Kier molecular flexibility index (Phi) is 8.50. The number of hydrogen-bond acceptors (Lipinski definition) is 8. The van der Waals surface area contributed by atoms with Gasteiger partial charge < -0.3 is 35.5 Å². The first kappa shape index (κ1) is 20.2. The van der Waals surface area contributed by atoms with E-state index in [1.807, 2.05) is 6.92 Å². The van der Waals surface area contributed by atoms with Gasteiger partial charge in [0.1, 0.15) is 24.1 Å².